The summed E-state index contributed by atoms with van der Waals surface area (Å²) in [6, 6.07) is 9.94. The smallest absolute Gasteiger partial charge is 0.257 e. The van der Waals surface area contributed by atoms with Crippen LogP contribution in [0.4, 0.5) is 5.69 Å². The van der Waals surface area contributed by atoms with Crippen LogP contribution in [0.3, 0.4) is 0 Å². The second-order valence-corrected chi connectivity index (χ2v) is 4.35. The minimum atomic E-state index is -0.332. The molecule has 0 saturated carbocycles. The number of rotatable bonds is 3. The molecular weight excluding hydrogens is 268 g/mol. The van der Waals surface area contributed by atoms with Gasteiger partial charge in [0, 0.05) is 18.6 Å². The summed E-state index contributed by atoms with van der Waals surface area (Å²) in [6.45, 7) is 0. The lowest BCUT2D eigenvalue weighted by atomic mass is 10.2. The van der Waals surface area contributed by atoms with E-state index >= 15 is 0 Å². The first-order valence-corrected chi connectivity index (χ1v) is 6.28. The van der Waals surface area contributed by atoms with Crippen molar-refractivity contribution in [2.75, 3.05) is 5.32 Å². The van der Waals surface area contributed by atoms with Crippen LogP contribution in [0.5, 0.6) is 5.75 Å². The van der Waals surface area contributed by atoms with Gasteiger partial charge < -0.3 is 10.4 Å². The Morgan fingerprint density at radius 2 is 2.05 bits per heavy atom. The highest BCUT2D eigenvalue weighted by Gasteiger charge is 2.09. The van der Waals surface area contributed by atoms with Crippen LogP contribution in [0.25, 0.3) is 5.82 Å². The Kier molecular flexibility index (Phi) is 3.34. The molecule has 2 heterocycles. The number of para-hydroxylation sites is 2. The fourth-order valence-corrected chi connectivity index (χ4v) is 1.84. The number of benzene rings is 1. The van der Waals surface area contributed by atoms with Crippen molar-refractivity contribution in [3.8, 4) is 11.6 Å². The Morgan fingerprint density at radius 1 is 1.19 bits per heavy atom. The number of anilines is 1. The zero-order chi connectivity index (χ0) is 14.7. The van der Waals surface area contributed by atoms with Crippen LogP contribution < -0.4 is 5.32 Å². The number of nitrogens with zero attached hydrogens (tertiary/aromatic N) is 3. The normalized spacial score (nSPS) is 10.3. The average Bonchev–Trinajstić information content (AvgIpc) is 3.04. The highest BCUT2D eigenvalue weighted by atomic mass is 16.3. The van der Waals surface area contributed by atoms with Crippen molar-refractivity contribution in [2.24, 2.45) is 0 Å². The summed E-state index contributed by atoms with van der Waals surface area (Å²) in [4.78, 5) is 20.2. The van der Waals surface area contributed by atoms with Crippen LogP contribution >= 0.6 is 0 Å². The van der Waals surface area contributed by atoms with E-state index in [2.05, 4.69) is 15.3 Å². The van der Waals surface area contributed by atoms with E-state index in [0.29, 0.717) is 17.1 Å². The number of aromatic hydroxyl groups is 1. The Balaban J connectivity index is 1.78. The van der Waals surface area contributed by atoms with Gasteiger partial charge in [0.2, 0.25) is 0 Å². The number of phenols is 1. The molecule has 2 N–H and O–H groups in total. The first-order valence-electron chi connectivity index (χ1n) is 6.28. The summed E-state index contributed by atoms with van der Waals surface area (Å²) in [6.07, 6.45) is 6.53. The van der Waals surface area contributed by atoms with Crippen molar-refractivity contribution in [2.45, 2.75) is 0 Å². The molecule has 0 unspecified atom stereocenters. The SMILES string of the molecule is O=C(Nc1ccccc1O)c1ccc(-n2ccnc2)nc1. The van der Waals surface area contributed by atoms with Crippen molar-refractivity contribution in [1.29, 1.82) is 0 Å². The highest BCUT2D eigenvalue weighted by molar-refractivity contribution is 6.04. The summed E-state index contributed by atoms with van der Waals surface area (Å²) in [5.41, 5.74) is 0.767. The molecule has 6 heteroatoms. The molecule has 21 heavy (non-hydrogen) atoms. The van der Waals surface area contributed by atoms with Gasteiger partial charge in [0.25, 0.3) is 5.91 Å². The summed E-state index contributed by atoms with van der Waals surface area (Å²) in [5, 5.41) is 12.3. The third-order valence-corrected chi connectivity index (χ3v) is 2.93. The molecule has 0 saturated heterocycles. The monoisotopic (exact) mass is 280 g/mol. The van der Waals surface area contributed by atoms with Gasteiger partial charge in [0.05, 0.1) is 11.3 Å². The minimum Gasteiger partial charge on any atom is -0.506 e. The second-order valence-electron chi connectivity index (χ2n) is 4.35. The number of pyridine rings is 1. The Bertz CT molecular complexity index is 752. The van der Waals surface area contributed by atoms with Gasteiger partial charge in [-0.15, -0.1) is 0 Å². The molecule has 0 atom stereocenters. The maximum absolute atomic E-state index is 12.1. The van der Waals surface area contributed by atoms with E-state index in [9.17, 15) is 9.90 Å². The lowest BCUT2D eigenvalue weighted by Crippen LogP contribution is -2.12. The summed E-state index contributed by atoms with van der Waals surface area (Å²) in [7, 11) is 0. The Labute approximate surface area is 120 Å². The van der Waals surface area contributed by atoms with Crippen molar-refractivity contribution in [3.63, 3.8) is 0 Å². The molecule has 0 fully saturated rings. The predicted molar refractivity (Wildman–Crippen MR) is 77.4 cm³/mol. The Hall–Kier alpha value is -3.15. The van der Waals surface area contributed by atoms with Gasteiger partial charge in [-0.3, -0.25) is 9.36 Å². The molecule has 0 spiro atoms. The van der Waals surface area contributed by atoms with Crippen molar-refractivity contribution >= 4 is 11.6 Å². The quantitative estimate of drug-likeness (QED) is 0.721. The van der Waals surface area contributed by atoms with Gasteiger partial charge in [-0.25, -0.2) is 9.97 Å². The van der Waals surface area contributed by atoms with Crippen LogP contribution in [-0.4, -0.2) is 25.5 Å². The van der Waals surface area contributed by atoms with Gasteiger partial charge in [-0.2, -0.15) is 0 Å². The number of nitrogens with one attached hydrogen (secondary N) is 1. The lowest BCUT2D eigenvalue weighted by molar-refractivity contribution is 0.102. The third kappa shape index (κ3) is 2.74. The fourth-order valence-electron chi connectivity index (χ4n) is 1.84. The van der Waals surface area contributed by atoms with E-state index in [0.717, 1.165) is 0 Å². The number of carbonyl (C=O) groups excluding carboxylic acids is 1. The molecule has 0 aliphatic carbocycles. The van der Waals surface area contributed by atoms with Crippen LogP contribution in [0.15, 0.2) is 61.3 Å². The van der Waals surface area contributed by atoms with Gasteiger partial charge in [-0.1, -0.05) is 12.1 Å². The summed E-state index contributed by atoms with van der Waals surface area (Å²) >= 11 is 0. The van der Waals surface area contributed by atoms with Gasteiger partial charge >= 0.3 is 0 Å². The van der Waals surface area contributed by atoms with E-state index in [4.69, 9.17) is 0 Å². The highest BCUT2D eigenvalue weighted by Crippen LogP contribution is 2.22. The van der Waals surface area contributed by atoms with E-state index in [1.165, 1.54) is 12.3 Å². The molecule has 0 radical (unpaired) electrons. The number of imidazole rings is 1. The summed E-state index contributed by atoms with van der Waals surface area (Å²) in [5.74, 6) is 0.363. The predicted octanol–water partition coefficient (Wildman–Crippen LogP) is 2.23. The van der Waals surface area contributed by atoms with Crippen molar-refractivity contribution in [1.82, 2.24) is 14.5 Å². The van der Waals surface area contributed by atoms with Crippen LogP contribution in [0, 0.1) is 0 Å². The standard InChI is InChI=1S/C15H12N4O2/c20-13-4-2-1-3-12(13)18-15(21)11-5-6-14(17-9-11)19-8-7-16-10-19/h1-10,20H,(H,18,21). The largest absolute Gasteiger partial charge is 0.506 e. The average molecular weight is 280 g/mol. The summed E-state index contributed by atoms with van der Waals surface area (Å²) < 4.78 is 1.74. The molecule has 3 aromatic rings. The van der Waals surface area contributed by atoms with Crippen LogP contribution in [0.1, 0.15) is 10.4 Å². The molecule has 0 aliphatic heterocycles. The number of hydrogen-bond acceptors (Lipinski definition) is 4. The first-order chi connectivity index (χ1) is 10.2. The van der Waals surface area contributed by atoms with Gasteiger partial charge in [0.1, 0.15) is 17.9 Å². The molecule has 104 valence electrons. The van der Waals surface area contributed by atoms with Crippen molar-refractivity contribution in [3.05, 3.63) is 66.9 Å². The molecular formula is C15H12N4O2. The molecule has 2 aromatic heterocycles. The van der Waals surface area contributed by atoms with Crippen LogP contribution in [-0.2, 0) is 0 Å². The maximum Gasteiger partial charge on any atom is 0.257 e. The van der Waals surface area contributed by atoms with E-state index in [-0.39, 0.29) is 11.7 Å². The van der Waals surface area contributed by atoms with E-state index in [1.54, 1.807) is 53.6 Å². The van der Waals surface area contributed by atoms with Crippen molar-refractivity contribution < 1.29 is 9.90 Å². The zero-order valence-corrected chi connectivity index (χ0v) is 11.0. The molecule has 1 amide bonds. The molecule has 6 nitrogen and oxygen atoms in total. The van der Waals surface area contributed by atoms with E-state index < -0.39 is 0 Å². The van der Waals surface area contributed by atoms with Gasteiger partial charge in [-0.05, 0) is 24.3 Å². The fraction of sp³-hybridized carbons (Fsp3) is 0. The number of phenolic OH excluding ortho intramolecular Hbond substituents is 1. The number of hydrogen-bond donors (Lipinski definition) is 2. The number of carbonyl (C=O) groups is 1. The first kappa shape index (κ1) is 12.9. The third-order valence-electron chi connectivity index (χ3n) is 2.93. The maximum atomic E-state index is 12.1. The molecule has 3 rings (SSSR count). The minimum absolute atomic E-state index is 0.0221. The second kappa shape index (κ2) is 5.46. The number of aromatic nitrogens is 3. The Morgan fingerprint density at radius 3 is 2.71 bits per heavy atom. The topological polar surface area (TPSA) is 80.0 Å². The number of amides is 1. The van der Waals surface area contributed by atoms with Gasteiger partial charge in [0.15, 0.2) is 0 Å². The molecule has 1 aromatic carbocycles. The van der Waals surface area contributed by atoms with E-state index in [1.807, 2.05) is 0 Å². The molecule has 0 aliphatic rings. The van der Waals surface area contributed by atoms with Crippen LogP contribution in [0.2, 0.25) is 0 Å². The molecule has 0 bridgehead atoms. The zero-order valence-electron chi connectivity index (χ0n) is 11.0. The lowest BCUT2D eigenvalue weighted by Gasteiger charge is -2.07.